The van der Waals surface area contributed by atoms with Crippen LogP contribution in [0.3, 0.4) is 0 Å². The van der Waals surface area contributed by atoms with E-state index >= 15 is 0 Å². The summed E-state index contributed by atoms with van der Waals surface area (Å²) in [5.74, 6) is 0. The van der Waals surface area contributed by atoms with Crippen LogP contribution in [0, 0.1) is 3.57 Å². The second-order valence-electron chi connectivity index (χ2n) is 3.77. The van der Waals surface area contributed by atoms with Crippen molar-refractivity contribution in [1.29, 1.82) is 0 Å². The lowest BCUT2D eigenvalue weighted by atomic mass is 10.2. The molecule has 0 radical (unpaired) electrons. The van der Waals surface area contributed by atoms with Crippen molar-refractivity contribution < 1.29 is 0 Å². The summed E-state index contributed by atoms with van der Waals surface area (Å²) in [7, 11) is 2.16. The van der Waals surface area contributed by atoms with Crippen molar-refractivity contribution in [3.8, 4) is 0 Å². The van der Waals surface area contributed by atoms with Gasteiger partial charge in [-0.05, 0) is 55.1 Å². The lowest BCUT2D eigenvalue weighted by Crippen LogP contribution is -2.27. The van der Waals surface area contributed by atoms with Gasteiger partial charge in [-0.2, -0.15) is 0 Å². The molecule has 0 aromatic heterocycles. The molecule has 2 heteroatoms. The van der Waals surface area contributed by atoms with Gasteiger partial charge in [0.1, 0.15) is 0 Å². The van der Waals surface area contributed by atoms with E-state index in [1.807, 2.05) is 0 Å². The molecule has 0 fully saturated rings. The fourth-order valence-corrected chi connectivity index (χ4v) is 2.02. The summed E-state index contributed by atoms with van der Waals surface area (Å²) in [6, 6.07) is 9.03. The van der Waals surface area contributed by atoms with Crippen LogP contribution in [0.15, 0.2) is 36.4 Å². The molecule has 1 nitrogen and oxygen atoms in total. The molecule has 0 amide bonds. The smallest absolute Gasteiger partial charge is 0.0250 e. The lowest BCUT2D eigenvalue weighted by Gasteiger charge is -2.22. The van der Waals surface area contributed by atoms with Gasteiger partial charge in [-0.3, -0.25) is 4.90 Å². The minimum Gasteiger partial charge on any atom is -0.296 e. The van der Waals surface area contributed by atoms with E-state index in [-0.39, 0.29) is 0 Å². The Morgan fingerprint density at radius 2 is 2.07 bits per heavy atom. The van der Waals surface area contributed by atoms with E-state index in [1.54, 1.807) is 0 Å². The van der Waals surface area contributed by atoms with Crippen molar-refractivity contribution in [1.82, 2.24) is 4.90 Å². The first kappa shape index (κ1) is 12.7. The predicted molar refractivity (Wildman–Crippen MR) is 74.9 cm³/mol. The highest BCUT2D eigenvalue weighted by atomic mass is 127. The summed E-state index contributed by atoms with van der Waals surface area (Å²) in [5, 5.41) is 0. The molecular weight excluding hydrogens is 297 g/mol. The molecule has 82 valence electrons. The Labute approximate surface area is 106 Å². The molecule has 1 aromatic carbocycles. The zero-order valence-electron chi connectivity index (χ0n) is 9.57. The number of rotatable bonds is 4. The van der Waals surface area contributed by atoms with Gasteiger partial charge >= 0.3 is 0 Å². The Balaban J connectivity index is 2.66. The molecule has 0 aliphatic carbocycles. The molecule has 0 N–H and O–H groups in total. The third-order valence-electron chi connectivity index (χ3n) is 2.54. The molecule has 0 unspecified atom stereocenters. The van der Waals surface area contributed by atoms with Crippen molar-refractivity contribution in [2.45, 2.75) is 26.4 Å². The molecule has 1 rings (SSSR count). The highest BCUT2D eigenvalue weighted by molar-refractivity contribution is 14.1. The maximum Gasteiger partial charge on any atom is 0.0250 e. The van der Waals surface area contributed by atoms with Crippen LogP contribution >= 0.6 is 22.6 Å². The van der Waals surface area contributed by atoms with Crippen LogP contribution in [0.1, 0.15) is 19.4 Å². The highest BCUT2D eigenvalue weighted by Gasteiger charge is 2.07. The first-order chi connectivity index (χ1) is 7.15. The maximum absolute atomic E-state index is 2.39. The van der Waals surface area contributed by atoms with Crippen LogP contribution < -0.4 is 0 Å². The van der Waals surface area contributed by atoms with E-state index in [4.69, 9.17) is 0 Å². The third kappa shape index (κ3) is 3.95. The average molecular weight is 315 g/mol. The fourth-order valence-electron chi connectivity index (χ4n) is 1.46. The summed E-state index contributed by atoms with van der Waals surface area (Å²) in [6.45, 7) is 5.29. The number of likely N-dealkylation sites (N-methyl/N-ethyl adjacent to an activating group) is 1. The first-order valence-electron chi connectivity index (χ1n) is 5.21. The third-order valence-corrected chi connectivity index (χ3v) is 3.60. The van der Waals surface area contributed by atoms with Crippen LogP contribution in [-0.2, 0) is 6.54 Å². The molecule has 0 heterocycles. The molecular formula is C13H18IN. The van der Waals surface area contributed by atoms with Crippen molar-refractivity contribution in [3.05, 3.63) is 45.6 Å². The largest absolute Gasteiger partial charge is 0.296 e. The van der Waals surface area contributed by atoms with Gasteiger partial charge in [0.05, 0.1) is 0 Å². The lowest BCUT2D eigenvalue weighted by molar-refractivity contribution is 0.288. The highest BCUT2D eigenvalue weighted by Crippen LogP contribution is 2.14. The van der Waals surface area contributed by atoms with Crippen molar-refractivity contribution in [2.24, 2.45) is 0 Å². The van der Waals surface area contributed by atoms with Crippen LogP contribution in [-0.4, -0.2) is 18.0 Å². The number of hydrogen-bond acceptors (Lipinski definition) is 1. The molecule has 1 atom stereocenters. The van der Waals surface area contributed by atoms with E-state index in [2.05, 4.69) is 84.8 Å². The van der Waals surface area contributed by atoms with Gasteiger partial charge in [-0.1, -0.05) is 30.4 Å². The van der Waals surface area contributed by atoms with Gasteiger partial charge in [0.15, 0.2) is 0 Å². The topological polar surface area (TPSA) is 3.24 Å². The van der Waals surface area contributed by atoms with E-state index in [0.717, 1.165) is 6.54 Å². The van der Waals surface area contributed by atoms with Gasteiger partial charge < -0.3 is 0 Å². The number of nitrogens with zero attached hydrogens (tertiary/aromatic N) is 1. The predicted octanol–water partition coefficient (Wildman–Crippen LogP) is 3.69. The average Bonchev–Trinajstić information content (AvgIpc) is 2.21. The standard InChI is InChI=1S/C13H18IN/c1-4-7-11(2)15(3)10-12-8-5-6-9-13(12)14/h4-9,11H,10H2,1-3H3/b7-4-/t11-/m0/s1. The van der Waals surface area contributed by atoms with Gasteiger partial charge in [0.25, 0.3) is 0 Å². The second kappa shape index (κ2) is 6.28. The van der Waals surface area contributed by atoms with Gasteiger partial charge in [0.2, 0.25) is 0 Å². The fraction of sp³-hybridized carbons (Fsp3) is 0.385. The Bertz CT molecular complexity index is 333. The Hall–Kier alpha value is -0.350. The maximum atomic E-state index is 2.39. The minimum atomic E-state index is 0.492. The van der Waals surface area contributed by atoms with Gasteiger partial charge in [-0.15, -0.1) is 0 Å². The zero-order valence-corrected chi connectivity index (χ0v) is 11.7. The minimum absolute atomic E-state index is 0.492. The molecule has 0 saturated heterocycles. The molecule has 0 aliphatic rings. The normalized spacial score (nSPS) is 13.7. The molecule has 15 heavy (non-hydrogen) atoms. The van der Waals surface area contributed by atoms with Crippen LogP contribution in [0.25, 0.3) is 0 Å². The summed E-state index contributed by atoms with van der Waals surface area (Å²) in [6.07, 6.45) is 4.33. The van der Waals surface area contributed by atoms with E-state index in [1.165, 1.54) is 9.13 Å². The van der Waals surface area contributed by atoms with Gasteiger partial charge in [0, 0.05) is 16.2 Å². The molecule has 0 aliphatic heterocycles. The molecule has 0 spiro atoms. The summed E-state index contributed by atoms with van der Waals surface area (Å²) >= 11 is 2.39. The molecule has 1 aromatic rings. The van der Waals surface area contributed by atoms with Crippen molar-refractivity contribution >= 4 is 22.6 Å². The van der Waals surface area contributed by atoms with Crippen LogP contribution in [0.5, 0.6) is 0 Å². The van der Waals surface area contributed by atoms with Gasteiger partial charge in [-0.25, -0.2) is 0 Å². The quantitative estimate of drug-likeness (QED) is 0.605. The van der Waals surface area contributed by atoms with Crippen molar-refractivity contribution in [3.63, 3.8) is 0 Å². The molecule has 0 saturated carbocycles. The second-order valence-corrected chi connectivity index (χ2v) is 4.94. The van der Waals surface area contributed by atoms with E-state index in [0.29, 0.717) is 6.04 Å². The van der Waals surface area contributed by atoms with Crippen LogP contribution in [0.4, 0.5) is 0 Å². The summed E-state index contributed by atoms with van der Waals surface area (Å²) in [4.78, 5) is 2.34. The zero-order chi connectivity index (χ0) is 11.3. The number of hydrogen-bond donors (Lipinski definition) is 0. The van der Waals surface area contributed by atoms with E-state index in [9.17, 15) is 0 Å². The Morgan fingerprint density at radius 3 is 2.67 bits per heavy atom. The van der Waals surface area contributed by atoms with E-state index < -0.39 is 0 Å². The SMILES string of the molecule is C/C=C\[C@H](C)N(C)Cc1ccccc1I. The molecule has 0 bridgehead atoms. The number of allylic oxidation sites excluding steroid dienone is 1. The van der Waals surface area contributed by atoms with Crippen LogP contribution in [0.2, 0.25) is 0 Å². The summed E-state index contributed by atoms with van der Waals surface area (Å²) < 4.78 is 1.34. The van der Waals surface area contributed by atoms with Crippen molar-refractivity contribution in [2.75, 3.05) is 7.05 Å². The monoisotopic (exact) mass is 315 g/mol. The summed E-state index contributed by atoms with van der Waals surface area (Å²) in [5.41, 5.74) is 1.40. The Kier molecular flexibility index (Phi) is 5.32. The number of benzene rings is 1. The Morgan fingerprint density at radius 1 is 1.40 bits per heavy atom. The first-order valence-corrected chi connectivity index (χ1v) is 6.29. The number of halogens is 1.